The third kappa shape index (κ3) is 2.55. The summed E-state index contributed by atoms with van der Waals surface area (Å²) in [5, 5.41) is 0. The molecule has 0 aromatic carbocycles. The Labute approximate surface area is 69.8 Å². The summed E-state index contributed by atoms with van der Waals surface area (Å²) in [5.41, 5.74) is 0. The molecule has 1 aliphatic heterocycles. The predicted molar refractivity (Wildman–Crippen MR) is 48.3 cm³/mol. The third-order valence-electron chi connectivity index (χ3n) is 2.28. The van der Waals surface area contributed by atoms with Crippen LogP contribution in [0.1, 0.15) is 26.2 Å². The summed E-state index contributed by atoms with van der Waals surface area (Å²) >= 11 is 0. The SMILES string of the molecule is C#CC1CCCN(CCC)C1. The lowest BCUT2D eigenvalue weighted by molar-refractivity contribution is 0.201. The first-order chi connectivity index (χ1) is 5.36. The molecule has 0 spiro atoms. The largest absolute Gasteiger partial charge is 0.302 e. The van der Waals surface area contributed by atoms with Crippen molar-refractivity contribution in [2.24, 2.45) is 5.92 Å². The van der Waals surface area contributed by atoms with Crippen molar-refractivity contribution in [3.05, 3.63) is 0 Å². The van der Waals surface area contributed by atoms with E-state index in [0.717, 1.165) is 6.54 Å². The zero-order chi connectivity index (χ0) is 8.10. The van der Waals surface area contributed by atoms with Gasteiger partial charge in [0, 0.05) is 12.5 Å². The highest BCUT2D eigenvalue weighted by Crippen LogP contribution is 2.14. The van der Waals surface area contributed by atoms with Crippen LogP contribution in [0.3, 0.4) is 0 Å². The van der Waals surface area contributed by atoms with Crippen LogP contribution in [0.5, 0.6) is 0 Å². The van der Waals surface area contributed by atoms with Crippen LogP contribution in [0.4, 0.5) is 0 Å². The van der Waals surface area contributed by atoms with Crippen LogP contribution in [0.15, 0.2) is 0 Å². The van der Waals surface area contributed by atoms with Crippen molar-refractivity contribution in [2.75, 3.05) is 19.6 Å². The standard InChI is InChI=1S/C10H17N/c1-3-7-11-8-5-6-10(4-2)9-11/h2,10H,3,5-9H2,1H3. The van der Waals surface area contributed by atoms with Gasteiger partial charge in [-0.1, -0.05) is 6.92 Å². The fourth-order valence-corrected chi connectivity index (χ4v) is 1.71. The van der Waals surface area contributed by atoms with E-state index in [1.807, 2.05) is 0 Å². The molecule has 1 aliphatic rings. The minimum atomic E-state index is 0.523. The number of piperidine rings is 1. The Morgan fingerprint density at radius 3 is 3.09 bits per heavy atom. The first-order valence-electron chi connectivity index (χ1n) is 4.55. The van der Waals surface area contributed by atoms with Gasteiger partial charge >= 0.3 is 0 Å². The lowest BCUT2D eigenvalue weighted by Crippen LogP contribution is -2.35. The number of likely N-dealkylation sites (tertiary alicyclic amines) is 1. The average Bonchev–Trinajstić information content (AvgIpc) is 2.06. The molecule has 0 N–H and O–H groups in total. The molecule has 1 atom stereocenters. The van der Waals surface area contributed by atoms with Gasteiger partial charge in [0.1, 0.15) is 0 Å². The second-order valence-electron chi connectivity index (χ2n) is 3.31. The molecule has 1 heterocycles. The molecule has 11 heavy (non-hydrogen) atoms. The fraction of sp³-hybridized carbons (Fsp3) is 0.800. The van der Waals surface area contributed by atoms with Gasteiger partial charge in [-0.15, -0.1) is 12.3 Å². The molecule has 0 radical (unpaired) electrons. The first kappa shape index (κ1) is 8.62. The highest BCUT2D eigenvalue weighted by Gasteiger charge is 2.16. The summed E-state index contributed by atoms with van der Waals surface area (Å²) in [5.74, 6) is 3.37. The van der Waals surface area contributed by atoms with Gasteiger partial charge in [-0.25, -0.2) is 0 Å². The van der Waals surface area contributed by atoms with Crippen molar-refractivity contribution >= 4 is 0 Å². The normalized spacial score (nSPS) is 26.4. The second-order valence-corrected chi connectivity index (χ2v) is 3.31. The van der Waals surface area contributed by atoms with E-state index >= 15 is 0 Å². The highest BCUT2D eigenvalue weighted by atomic mass is 15.1. The molecule has 0 bridgehead atoms. The van der Waals surface area contributed by atoms with Crippen molar-refractivity contribution in [2.45, 2.75) is 26.2 Å². The summed E-state index contributed by atoms with van der Waals surface area (Å²) in [6.07, 6.45) is 9.15. The number of hydrogen-bond acceptors (Lipinski definition) is 1. The third-order valence-corrected chi connectivity index (χ3v) is 2.28. The monoisotopic (exact) mass is 151 g/mol. The Hall–Kier alpha value is -0.480. The van der Waals surface area contributed by atoms with Crippen LogP contribution in [-0.4, -0.2) is 24.5 Å². The molecular formula is C10H17N. The zero-order valence-electron chi connectivity index (χ0n) is 7.34. The molecule has 1 unspecified atom stereocenters. The summed E-state index contributed by atoms with van der Waals surface area (Å²) < 4.78 is 0. The van der Waals surface area contributed by atoms with Gasteiger partial charge in [-0.05, 0) is 32.4 Å². The molecule has 0 saturated carbocycles. The van der Waals surface area contributed by atoms with Gasteiger partial charge in [0.25, 0.3) is 0 Å². The number of nitrogens with zero attached hydrogens (tertiary/aromatic N) is 1. The maximum Gasteiger partial charge on any atom is 0.0328 e. The molecule has 0 aromatic heterocycles. The summed E-state index contributed by atoms with van der Waals surface area (Å²) in [6, 6.07) is 0. The van der Waals surface area contributed by atoms with Crippen molar-refractivity contribution in [1.82, 2.24) is 4.90 Å². The van der Waals surface area contributed by atoms with Crippen molar-refractivity contribution in [3.63, 3.8) is 0 Å². The van der Waals surface area contributed by atoms with Crippen LogP contribution < -0.4 is 0 Å². The van der Waals surface area contributed by atoms with E-state index in [1.54, 1.807) is 0 Å². The highest BCUT2D eigenvalue weighted by molar-refractivity contribution is 4.96. The molecule has 0 amide bonds. The average molecular weight is 151 g/mol. The van der Waals surface area contributed by atoms with Crippen LogP contribution >= 0.6 is 0 Å². The van der Waals surface area contributed by atoms with Crippen LogP contribution in [0.2, 0.25) is 0 Å². The van der Waals surface area contributed by atoms with Gasteiger partial charge in [-0.3, -0.25) is 0 Å². The van der Waals surface area contributed by atoms with Gasteiger partial charge < -0.3 is 4.90 Å². The molecule has 62 valence electrons. The summed E-state index contributed by atoms with van der Waals surface area (Å²) in [7, 11) is 0. The predicted octanol–water partition coefficient (Wildman–Crippen LogP) is 1.74. The topological polar surface area (TPSA) is 3.24 Å². The van der Waals surface area contributed by atoms with E-state index in [1.165, 1.54) is 32.4 Å². The Morgan fingerprint density at radius 2 is 2.45 bits per heavy atom. The Balaban J connectivity index is 2.29. The van der Waals surface area contributed by atoms with Crippen LogP contribution in [0.25, 0.3) is 0 Å². The van der Waals surface area contributed by atoms with E-state index in [9.17, 15) is 0 Å². The number of terminal acetylenes is 1. The van der Waals surface area contributed by atoms with Crippen LogP contribution in [0, 0.1) is 18.3 Å². The van der Waals surface area contributed by atoms with Gasteiger partial charge in [0.2, 0.25) is 0 Å². The minimum absolute atomic E-state index is 0.523. The minimum Gasteiger partial charge on any atom is -0.302 e. The van der Waals surface area contributed by atoms with E-state index in [0.29, 0.717) is 5.92 Å². The molecular weight excluding hydrogens is 134 g/mol. The smallest absolute Gasteiger partial charge is 0.0328 e. The maximum atomic E-state index is 5.38. The van der Waals surface area contributed by atoms with E-state index < -0.39 is 0 Å². The molecule has 1 heteroatoms. The van der Waals surface area contributed by atoms with E-state index in [2.05, 4.69) is 17.7 Å². The molecule has 1 fully saturated rings. The zero-order valence-corrected chi connectivity index (χ0v) is 7.34. The van der Waals surface area contributed by atoms with Crippen LogP contribution in [-0.2, 0) is 0 Å². The first-order valence-corrected chi connectivity index (χ1v) is 4.55. The Bertz CT molecular complexity index is 143. The van der Waals surface area contributed by atoms with E-state index in [-0.39, 0.29) is 0 Å². The lowest BCUT2D eigenvalue weighted by Gasteiger charge is -2.29. The number of rotatable bonds is 2. The fourth-order valence-electron chi connectivity index (χ4n) is 1.71. The summed E-state index contributed by atoms with van der Waals surface area (Å²) in [6.45, 7) is 5.83. The number of hydrogen-bond donors (Lipinski definition) is 0. The Kier molecular flexibility index (Phi) is 3.45. The van der Waals surface area contributed by atoms with Crippen molar-refractivity contribution in [1.29, 1.82) is 0 Å². The molecule has 1 rings (SSSR count). The van der Waals surface area contributed by atoms with E-state index in [4.69, 9.17) is 6.42 Å². The van der Waals surface area contributed by atoms with Crippen molar-refractivity contribution in [3.8, 4) is 12.3 Å². The van der Waals surface area contributed by atoms with Gasteiger partial charge in [-0.2, -0.15) is 0 Å². The molecule has 0 aliphatic carbocycles. The second kappa shape index (κ2) is 4.41. The molecule has 1 saturated heterocycles. The van der Waals surface area contributed by atoms with Gasteiger partial charge in [0.05, 0.1) is 0 Å². The summed E-state index contributed by atoms with van der Waals surface area (Å²) in [4.78, 5) is 2.48. The Morgan fingerprint density at radius 1 is 1.64 bits per heavy atom. The van der Waals surface area contributed by atoms with Gasteiger partial charge in [0.15, 0.2) is 0 Å². The van der Waals surface area contributed by atoms with Crippen molar-refractivity contribution < 1.29 is 0 Å². The molecule has 1 nitrogen and oxygen atoms in total. The quantitative estimate of drug-likeness (QED) is 0.543. The lowest BCUT2D eigenvalue weighted by atomic mass is 9.99. The molecule has 0 aromatic rings. The maximum absolute atomic E-state index is 5.38.